The molecule has 1 fully saturated rings. The average Bonchev–Trinajstić information content (AvgIpc) is 3.41. The zero-order valence-corrected chi connectivity index (χ0v) is 22.4. The van der Waals surface area contributed by atoms with Gasteiger partial charge in [0.05, 0.1) is 0 Å². The number of aliphatic hydroxyl groups excluding tert-OH is 1. The number of rotatable bonds is 9. The van der Waals surface area contributed by atoms with Crippen LogP contribution in [-0.4, -0.2) is 73.3 Å². The molecule has 204 valence electrons. The third kappa shape index (κ3) is 6.10. The van der Waals surface area contributed by atoms with Crippen LogP contribution in [-0.2, 0) is 20.8 Å². The number of carbonyl (C=O) groups is 1. The fraction of sp³-hybridized carbons (Fsp3) is 0.483. The van der Waals surface area contributed by atoms with E-state index in [4.69, 9.17) is 30.5 Å². The van der Waals surface area contributed by atoms with Gasteiger partial charge in [0, 0.05) is 62.8 Å². The standard InChI is InChI=1S/C29H35ClN2O6/c1-2-35-29-23(4-3-15-33)24(21-6-8-22(30)9-7-21)17-27(38-29)28(34)32-13-11-31(12-14-32)18-20-5-10-25-26(16-20)37-19-36-25/h5-10,16-17,23-24,29,33H,2-4,11-15,18-19H2,1H3/t23-,24-,29-/m1/s1. The molecule has 38 heavy (non-hydrogen) atoms. The summed E-state index contributed by atoms with van der Waals surface area (Å²) in [7, 11) is 0. The predicted molar refractivity (Wildman–Crippen MR) is 143 cm³/mol. The Hall–Kier alpha value is -2.78. The Labute approximate surface area is 228 Å². The number of hydrogen-bond acceptors (Lipinski definition) is 7. The number of ether oxygens (including phenoxy) is 4. The van der Waals surface area contributed by atoms with E-state index in [1.165, 1.54) is 0 Å². The molecule has 5 rings (SSSR count). The molecule has 0 spiro atoms. The van der Waals surface area contributed by atoms with E-state index in [1.807, 2.05) is 54.3 Å². The van der Waals surface area contributed by atoms with Crippen LogP contribution >= 0.6 is 11.6 Å². The van der Waals surface area contributed by atoms with E-state index in [0.29, 0.717) is 43.3 Å². The summed E-state index contributed by atoms with van der Waals surface area (Å²) in [5, 5.41) is 10.1. The molecular formula is C29H35ClN2O6. The van der Waals surface area contributed by atoms with Crippen LogP contribution in [0, 0.1) is 5.92 Å². The number of benzene rings is 2. The lowest BCUT2D eigenvalue weighted by molar-refractivity contribution is -0.171. The van der Waals surface area contributed by atoms with Gasteiger partial charge in [-0.05, 0) is 61.2 Å². The van der Waals surface area contributed by atoms with Gasteiger partial charge in [-0.2, -0.15) is 0 Å². The maximum absolute atomic E-state index is 13.6. The van der Waals surface area contributed by atoms with Crippen molar-refractivity contribution in [1.82, 2.24) is 9.80 Å². The van der Waals surface area contributed by atoms with Gasteiger partial charge in [0.2, 0.25) is 13.1 Å². The molecule has 8 nitrogen and oxygen atoms in total. The summed E-state index contributed by atoms with van der Waals surface area (Å²) in [5.41, 5.74) is 2.20. The van der Waals surface area contributed by atoms with Crippen molar-refractivity contribution in [3.8, 4) is 11.5 Å². The number of piperazine rings is 1. The zero-order valence-electron chi connectivity index (χ0n) is 21.7. The summed E-state index contributed by atoms with van der Waals surface area (Å²) in [5.74, 6) is 1.67. The number of fused-ring (bicyclic) bond motifs is 1. The van der Waals surface area contributed by atoms with Crippen LogP contribution in [0.5, 0.6) is 11.5 Å². The van der Waals surface area contributed by atoms with Gasteiger partial charge < -0.3 is 29.0 Å². The minimum absolute atomic E-state index is 0.0293. The van der Waals surface area contributed by atoms with E-state index < -0.39 is 6.29 Å². The van der Waals surface area contributed by atoms with Crippen molar-refractivity contribution in [2.75, 3.05) is 46.2 Å². The molecule has 1 amide bonds. The summed E-state index contributed by atoms with van der Waals surface area (Å²) < 4.78 is 23.1. The number of allylic oxidation sites excluding steroid dienone is 1. The van der Waals surface area contributed by atoms with Crippen molar-refractivity contribution in [2.45, 2.75) is 38.5 Å². The number of nitrogens with zero attached hydrogens (tertiary/aromatic N) is 2. The Morgan fingerprint density at radius 3 is 2.58 bits per heavy atom. The van der Waals surface area contributed by atoms with E-state index in [9.17, 15) is 9.90 Å². The molecule has 9 heteroatoms. The first kappa shape index (κ1) is 26.8. The van der Waals surface area contributed by atoms with Crippen LogP contribution in [0.1, 0.15) is 36.8 Å². The number of amides is 1. The molecule has 0 bridgehead atoms. The lowest BCUT2D eigenvalue weighted by Gasteiger charge is -2.39. The first-order chi connectivity index (χ1) is 18.6. The van der Waals surface area contributed by atoms with Gasteiger partial charge in [0.1, 0.15) is 0 Å². The Morgan fingerprint density at radius 2 is 1.84 bits per heavy atom. The van der Waals surface area contributed by atoms with Gasteiger partial charge in [-0.3, -0.25) is 9.69 Å². The minimum atomic E-state index is -0.566. The number of carbonyl (C=O) groups excluding carboxylic acids is 1. The highest BCUT2D eigenvalue weighted by molar-refractivity contribution is 6.30. The highest BCUT2D eigenvalue weighted by atomic mass is 35.5. The van der Waals surface area contributed by atoms with E-state index in [2.05, 4.69) is 11.0 Å². The predicted octanol–water partition coefficient (Wildman–Crippen LogP) is 4.16. The molecule has 3 heterocycles. The van der Waals surface area contributed by atoms with Crippen LogP contribution in [0.15, 0.2) is 54.3 Å². The maximum atomic E-state index is 13.6. The van der Waals surface area contributed by atoms with Crippen molar-refractivity contribution in [3.63, 3.8) is 0 Å². The molecule has 0 unspecified atom stereocenters. The monoisotopic (exact) mass is 542 g/mol. The first-order valence-electron chi connectivity index (χ1n) is 13.3. The number of halogens is 1. The van der Waals surface area contributed by atoms with Crippen LogP contribution < -0.4 is 9.47 Å². The summed E-state index contributed by atoms with van der Waals surface area (Å²) in [6, 6.07) is 13.7. The summed E-state index contributed by atoms with van der Waals surface area (Å²) in [6.45, 7) is 6.29. The lowest BCUT2D eigenvalue weighted by atomic mass is 9.80. The number of hydrogen-bond donors (Lipinski definition) is 1. The third-order valence-electron chi connectivity index (χ3n) is 7.38. The maximum Gasteiger partial charge on any atom is 0.288 e. The van der Waals surface area contributed by atoms with Crippen molar-refractivity contribution in [1.29, 1.82) is 0 Å². The molecule has 3 aliphatic heterocycles. The second kappa shape index (κ2) is 12.4. The van der Waals surface area contributed by atoms with Crippen molar-refractivity contribution in [2.24, 2.45) is 5.92 Å². The van der Waals surface area contributed by atoms with E-state index in [0.717, 1.165) is 42.3 Å². The highest BCUT2D eigenvalue weighted by Crippen LogP contribution is 2.40. The molecule has 1 N–H and O–H groups in total. The van der Waals surface area contributed by atoms with Gasteiger partial charge in [-0.15, -0.1) is 0 Å². The normalized spacial score (nSPS) is 23.2. The minimum Gasteiger partial charge on any atom is -0.459 e. The van der Waals surface area contributed by atoms with Crippen LogP contribution in [0.2, 0.25) is 5.02 Å². The van der Waals surface area contributed by atoms with E-state index in [1.54, 1.807) is 0 Å². The zero-order chi connectivity index (χ0) is 26.5. The molecule has 0 aliphatic carbocycles. The molecule has 0 aromatic heterocycles. The van der Waals surface area contributed by atoms with Crippen molar-refractivity contribution in [3.05, 3.63) is 70.4 Å². The Bertz CT molecular complexity index is 1130. The Morgan fingerprint density at radius 1 is 1.08 bits per heavy atom. The van der Waals surface area contributed by atoms with Crippen LogP contribution in [0.25, 0.3) is 0 Å². The Kier molecular flexibility index (Phi) is 8.74. The van der Waals surface area contributed by atoms with Gasteiger partial charge in [-0.1, -0.05) is 29.8 Å². The molecule has 0 radical (unpaired) electrons. The highest BCUT2D eigenvalue weighted by Gasteiger charge is 2.39. The fourth-order valence-electron chi connectivity index (χ4n) is 5.38. The summed E-state index contributed by atoms with van der Waals surface area (Å²) in [6.07, 6.45) is 2.71. The molecular weight excluding hydrogens is 508 g/mol. The second-order valence-electron chi connectivity index (χ2n) is 9.84. The van der Waals surface area contributed by atoms with Crippen molar-refractivity contribution < 1.29 is 28.8 Å². The molecule has 3 aliphatic rings. The van der Waals surface area contributed by atoms with E-state index >= 15 is 0 Å². The average molecular weight is 543 g/mol. The smallest absolute Gasteiger partial charge is 0.288 e. The second-order valence-corrected chi connectivity index (χ2v) is 10.3. The quantitative estimate of drug-likeness (QED) is 0.509. The fourth-order valence-corrected chi connectivity index (χ4v) is 5.51. The lowest BCUT2D eigenvalue weighted by Crippen LogP contribution is -2.49. The first-order valence-corrected chi connectivity index (χ1v) is 13.7. The van der Waals surface area contributed by atoms with Gasteiger partial charge in [-0.25, -0.2) is 0 Å². The molecule has 0 saturated carbocycles. The summed E-state index contributed by atoms with van der Waals surface area (Å²) in [4.78, 5) is 17.8. The molecule has 2 aromatic carbocycles. The van der Waals surface area contributed by atoms with Crippen LogP contribution in [0.3, 0.4) is 0 Å². The number of aliphatic hydroxyl groups is 1. The van der Waals surface area contributed by atoms with Crippen molar-refractivity contribution >= 4 is 17.5 Å². The van der Waals surface area contributed by atoms with Gasteiger partial charge >= 0.3 is 0 Å². The largest absolute Gasteiger partial charge is 0.459 e. The van der Waals surface area contributed by atoms with Crippen LogP contribution in [0.4, 0.5) is 0 Å². The third-order valence-corrected chi connectivity index (χ3v) is 7.63. The SMILES string of the molecule is CCO[C@@H]1OC(C(=O)N2CCN(Cc3ccc4c(c3)OCO4)CC2)=C[C@H](c2ccc(Cl)cc2)[C@H]1CCCO. The topological polar surface area (TPSA) is 80.7 Å². The van der Waals surface area contributed by atoms with E-state index in [-0.39, 0.29) is 31.1 Å². The molecule has 2 aromatic rings. The molecule has 1 saturated heterocycles. The Balaban J connectivity index is 1.28. The van der Waals surface area contributed by atoms with Gasteiger partial charge in [0.25, 0.3) is 5.91 Å². The summed E-state index contributed by atoms with van der Waals surface area (Å²) >= 11 is 6.14. The van der Waals surface area contributed by atoms with Gasteiger partial charge in [0.15, 0.2) is 17.3 Å². The molecule has 3 atom stereocenters.